The number of amides is 3. The van der Waals surface area contributed by atoms with Gasteiger partial charge in [-0.25, -0.2) is 0 Å². The Balaban J connectivity index is 1.60. The highest BCUT2D eigenvalue weighted by atomic mass is 16.3. The van der Waals surface area contributed by atoms with Gasteiger partial charge in [0.1, 0.15) is 0 Å². The van der Waals surface area contributed by atoms with Crippen LogP contribution in [0.15, 0.2) is 24.3 Å². The number of piperidine rings is 1. The van der Waals surface area contributed by atoms with Crippen molar-refractivity contribution < 1.29 is 19.5 Å². The minimum Gasteiger partial charge on any atom is -0.394 e. The predicted octanol–water partition coefficient (Wildman–Crippen LogP) is 1.40. The molecule has 0 spiro atoms. The summed E-state index contributed by atoms with van der Waals surface area (Å²) in [6.45, 7) is 3.80. The van der Waals surface area contributed by atoms with Crippen LogP contribution in [0, 0.1) is 0 Å². The highest BCUT2D eigenvalue weighted by Crippen LogP contribution is 2.39. The molecule has 2 saturated heterocycles. The third kappa shape index (κ3) is 3.52. The predicted molar refractivity (Wildman–Crippen MR) is 107 cm³/mol. The molecule has 0 aromatic heterocycles. The van der Waals surface area contributed by atoms with Gasteiger partial charge in [-0.05, 0) is 37.3 Å². The first kappa shape index (κ1) is 19.9. The van der Waals surface area contributed by atoms with E-state index in [1.54, 1.807) is 16.7 Å². The Kier molecular flexibility index (Phi) is 5.34. The molecule has 0 bridgehead atoms. The molecule has 1 aromatic rings. The van der Waals surface area contributed by atoms with E-state index in [-0.39, 0.29) is 36.8 Å². The molecule has 29 heavy (non-hydrogen) atoms. The van der Waals surface area contributed by atoms with Crippen molar-refractivity contribution in [3.05, 3.63) is 35.4 Å². The molecule has 1 atom stereocenters. The minimum absolute atomic E-state index is 0.00146. The van der Waals surface area contributed by atoms with E-state index < -0.39 is 5.54 Å². The first-order chi connectivity index (χ1) is 13.9. The number of hydrogen-bond acceptors (Lipinski definition) is 4. The number of hydrogen-bond donors (Lipinski definition) is 1. The molecule has 4 rings (SSSR count). The fourth-order valence-corrected chi connectivity index (χ4v) is 5.15. The normalized spacial score (nSPS) is 23.4. The summed E-state index contributed by atoms with van der Waals surface area (Å²) in [4.78, 5) is 43.7. The van der Waals surface area contributed by atoms with Crippen LogP contribution in [0.4, 0.5) is 0 Å². The summed E-state index contributed by atoms with van der Waals surface area (Å²) in [5, 5.41) is 9.62. The number of rotatable bonds is 4. The summed E-state index contributed by atoms with van der Waals surface area (Å²) < 4.78 is 0. The Bertz CT molecular complexity index is 816. The zero-order valence-corrected chi connectivity index (χ0v) is 17.0. The SMILES string of the molecule is CC(=O)N1CCC(CC(=O)N2CCC[C@@H]2CO)(N2Cc3ccccc3C2=O)CC1. The van der Waals surface area contributed by atoms with E-state index in [0.29, 0.717) is 44.6 Å². The van der Waals surface area contributed by atoms with E-state index in [9.17, 15) is 19.5 Å². The number of carbonyl (C=O) groups is 3. The van der Waals surface area contributed by atoms with E-state index in [1.165, 1.54) is 0 Å². The molecule has 7 heteroatoms. The quantitative estimate of drug-likeness (QED) is 0.830. The molecule has 156 valence electrons. The Morgan fingerprint density at radius 3 is 2.55 bits per heavy atom. The summed E-state index contributed by atoms with van der Waals surface area (Å²) in [6, 6.07) is 7.49. The van der Waals surface area contributed by atoms with E-state index in [4.69, 9.17) is 0 Å². The zero-order valence-electron chi connectivity index (χ0n) is 17.0. The maximum absolute atomic E-state index is 13.2. The van der Waals surface area contributed by atoms with Gasteiger partial charge in [0.15, 0.2) is 0 Å². The first-order valence-electron chi connectivity index (χ1n) is 10.5. The molecule has 1 aromatic carbocycles. The van der Waals surface area contributed by atoms with Crippen molar-refractivity contribution >= 4 is 17.7 Å². The van der Waals surface area contributed by atoms with Gasteiger partial charge in [0.25, 0.3) is 5.91 Å². The lowest BCUT2D eigenvalue weighted by Crippen LogP contribution is -2.58. The number of nitrogens with zero attached hydrogens (tertiary/aromatic N) is 3. The average molecular weight is 399 g/mol. The van der Waals surface area contributed by atoms with Crippen LogP contribution in [0.2, 0.25) is 0 Å². The lowest BCUT2D eigenvalue weighted by atomic mass is 9.82. The van der Waals surface area contributed by atoms with Crippen LogP contribution < -0.4 is 0 Å². The second-order valence-corrected chi connectivity index (χ2v) is 8.52. The Morgan fingerprint density at radius 2 is 1.90 bits per heavy atom. The number of aliphatic hydroxyl groups is 1. The van der Waals surface area contributed by atoms with E-state index in [0.717, 1.165) is 18.4 Å². The van der Waals surface area contributed by atoms with E-state index in [1.807, 2.05) is 29.2 Å². The molecule has 3 aliphatic rings. The van der Waals surface area contributed by atoms with Gasteiger partial charge in [-0.3, -0.25) is 14.4 Å². The molecular weight excluding hydrogens is 370 g/mol. The fraction of sp³-hybridized carbons (Fsp3) is 0.591. The average Bonchev–Trinajstić information content (AvgIpc) is 3.33. The third-order valence-electron chi connectivity index (χ3n) is 6.92. The molecule has 3 aliphatic heterocycles. The van der Waals surface area contributed by atoms with Gasteiger partial charge < -0.3 is 19.8 Å². The minimum atomic E-state index is -0.596. The lowest BCUT2D eigenvalue weighted by molar-refractivity contribution is -0.137. The van der Waals surface area contributed by atoms with E-state index >= 15 is 0 Å². The Morgan fingerprint density at radius 1 is 1.17 bits per heavy atom. The molecule has 0 unspecified atom stereocenters. The van der Waals surface area contributed by atoms with Crippen molar-refractivity contribution in [3.8, 4) is 0 Å². The molecule has 7 nitrogen and oxygen atoms in total. The lowest BCUT2D eigenvalue weighted by Gasteiger charge is -2.47. The van der Waals surface area contributed by atoms with Gasteiger partial charge in [-0.15, -0.1) is 0 Å². The van der Waals surface area contributed by atoms with Gasteiger partial charge in [0, 0.05) is 38.7 Å². The second-order valence-electron chi connectivity index (χ2n) is 8.52. The standard InChI is InChI=1S/C22H29N3O4/c1-16(27)23-11-8-22(9-12-23,13-20(28)24-10-4-6-18(24)15-26)25-14-17-5-2-3-7-19(17)21(25)29/h2-3,5,7,18,26H,4,6,8-15H2,1H3/t18-/m1/s1. The third-order valence-corrected chi connectivity index (χ3v) is 6.92. The van der Waals surface area contributed by atoms with Crippen molar-refractivity contribution in [1.82, 2.24) is 14.7 Å². The van der Waals surface area contributed by atoms with Crippen LogP contribution in [0.5, 0.6) is 0 Å². The number of fused-ring (bicyclic) bond motifs is 1. The number of likely N-dealkylation sites (tertiary alicyclic amines) is 2. The van der Waals surface area contributed by atoms with Crippen molar-refractivity contribution in [2.75, 3.05) is 26.2 Å². The molecule has 0 radical (unpaired) electrons. The smallest absolute Gasteiger partial charge is 0.254 e. The number of aliphatic hydroxyl groups excluding tert-OH is 1. The van der Waals surface area contributed by atoms with Crippen molar-refractivity contribution in [3.63, 3.8) is 0 Å². The topological polar surface area (TPSA) is 81.2 Å². The highest BCUT2D eigenvalue weighted by molar-refractivity contribution is 5.99. The van der Waals surface area contributed by atoms with Crippen molar-refractivity contribution in [1.29, 1.82) is 0 Å². The molecule has 0 saturated carbocycles. The zero-order chi connectivity index (χ0) is 20.6. The number of benzene rings is 1. The molecule has 3 amide bonds. The van der Waals surface area contributed by atoms with Gasteiger partial charge >= 0.3 is 0 Å². The summed E-state index contributed by atoms with van der Waals surface area (Å²) in [5.74, 6) is 0.00670. The first-order valence-corrected chi connectivity index (χ1v) is 10.5. The summed E-state index contributed by atoms with van der Waals surface area (Å²) in [7, 11) is 0. The van der Waals surface area contributed by atoms with Crippen LogP contribution in [0.25, 0.3) is 0 Å². The Hall–Kier alpha value is -2.41. The van der Waals surface area contributed by atoms with Crippen molar-refractivity contribution in [2.24, 2.45) is 0 Å². The van der Waals surface area contributed by atoms with Crippen LogP contribution in [0.3, 0.4) is 0 Å². The van der Waals surface area contributed by atoms with Gasteiger partial charge in [-0.2, -0.15) is 0 Å². The van der Waals surface area contributed by atoms with Gasteiger partial charge in [-0.1, -0.05) is 18.2 Å². The summed E-state index contributed by atoms with van der Waals surface area (Å²) in [6.07, 6.45) is 3.15. The molecule has 0 aliphatic carbocycles. The van der Waals surface area contributed by atoms with Gasteiger partial charge in [0.05, 0.1) is 24.6 Å². The van der Waals surface area contributed by atoms with Crippen molar-refractivity contribution in [2.45, 2.75) is 57.2 Å². The molecular formula is C22H29N3O4. The highest BCUT2D eigenvalue weighted by Gasteiger charge is 2.48. The second kappa shape index (κ2) is 7.78. The molecule has 3 heterocycles. The van der Waals surface area contributed by atoms with Crippen LogP contribution in [-0.4, -0.2) is 75.3 Å². The maximum atomic E-state index is 13.2. The molecule has 1 N–H and O–H groups in total. The maximum Gasteiger partial charge on any atom is 0.254 e. The van der Waals surface area contributed by atoms with Crippen LogP contribution >= 0.6 is 0 Å². The summed E-state index contributed by atoms with van der Waals surface area (Å²) >= 11 is 0. The van der Waals surface area contributed by atoms with E-state index in [2.05, 4.69) is 0 Å². The summed E-state index contributed by atoms with van der Waals surface area (Å²) in [5.41, 5.74) is 1.11. The fourth-order valence-electron chi connectivity index (χ4n) is 5.15. The van der Waals surface area contributed by atoms with Crippen LogP contribution in [-0.2, 0) is 16.1 Å². The molecule has 2 fully saturated rings. The number of carbonyl (C=O) groups excluding carboxylic acids is 3. The monoisotopic (exact) mass is 399 g/mol. The van der Waals surface area contributed by atoms with Gasteiger partial charge in [0.2, 0.25) is 11.8 Å². The van der Waals surface area contributed by atoms with Crippen LogP contribution in [0.1, 0.15) is 54.9 Å². The largest absolute Gasteiger partial charge is 0.394 e. The Labute approximate surface area is 171 Å².